The first-order chi connectivity index (χ1) is 17.9. The van der Waals surface area contributed by atoms with Crippen molar-refractivity contribution in [2.45, 2.75) is 6.18 Å². The van der Waals surface area contributed by atoms with Crippen molar-refractivity contribution >= 4 is 28.1 Å². The number of hydrogen-bond donors (Lipinski definition) is 0. The number of furan rings is 1. The van der Waals surface area contributed by atoms with Gasteiger partial charge in [0.05, 0.1) is 28.4 Å². The number of para-hydroxylation sites is 2. The monoisotopic (exact) mass is 498 g/mol. The van der Waals surface area contributed by atoms with E-state index in [-0.39, 0.29) is 5.82 Å². The molecule has 37 heavy (non-hydrogen) atoms. The highest BCUT2D eigenvalue weighted by molar-refractivity contribution is 5.84. The van der Waals surface area contributed by atoms with Crippen molar-refractivity contribution in [1.29, 1.82) is 0 Å². The van der Waals surface area contributed by atoms with Gasteiger partial charge in [0.1, 0.15) is 5.58 Å². The molecule has 0 unspecified atom stereocenters. The number of fused-ring (bicyclic) bond motifs is 2. The molecule has 0 bridgehead atoms. The Balaban J connectivity index is 1.49. The number of alkyl halides is 3. The summed E-state index contributed by atoms with van der Waals surface area (Å²) in [6, 6.07) is 24.5. The first kappa shape index (κ1) is 22.5. The maximum absolute atomic E-state index is 13.4. The second kappa shape index (κ2) is 8.63. The summed E-state index contributed by atoms with van der Waals surface area (Å²) in [4.78, 5) is 18.1. The van der Waals surface area contributed by atoms with Gasteiger partial charge >= 0.3 is 6.18 Å². The zero-order valence-corrected chi connectivity index (χ0v) is 19.1. The number of hydrogen-bond acceptors (Lipinski definition) is 4. The zero-order chi connectivity index (χ0) is 25.6. The Morgan fingerprint density at radius 3 is 2.54 bits per heavy atom. The summed E-state index contributed by atoms with van der Waals surface area (Å²) >= 11 is 0. The third kappa shape index (κ3) is 4.10. The number of aromatic nitrogens is 3. The molecule has 0 fully saturated rings. The molecule has 0 spiro atoms. The van der Waals surface area contributed by atoms with E-state index in [1.807, 2.05) is 24.3 Å². The maximum Gasteiger partial charge on any atom is 0.416 e. The first-order valence-electron chi connectivity index (χ1n) is 11.3. The van der Waals surface area contributed by atoms with Crippen LogP contribution >= 0.6 is 0 Å². The summed E-state index contributed by atoms with van der Waals surface area (Å²) < 4.78 is 48.4. The molecule has 3 aromatic heterocycles. The molecule has 3 aromatic carbocycles. The Kier molecular flexibility index (Phi) is 5.26. The van der Waals surface area contributed by atoms with Crippen molar-refractivity contribution in [1.82, 2.24) is 14.2 Å². The van der Waals surface area contributed by atoms with Crippen LogP contribution in [0.5, 0.6) is 0 Å². The van der Waals surface area contributed by atoms with Gasteiger partial charge in [-0.3, -0.25) is 4.79 Å². The van der Waals surface area contributed by atoms with Crippen LogP contribution in [-0.2, 0) is 6.18 Å². The Labute approximate surface area is 207 Å². The minimum Gasteiger partial charge on any atom is -0.453 e. The first-order valence-corrected chi connectivity index (χ1v) is 11.3. The molecule has 0 amide bonds. The van der Waals surface area contributed by atoms with Crippen molar-refractivity contribution in [3.63, 3.8) is 0 Å². The van der Waals surface area contributed by atoms with E-state index in [9.17, 15) is 18.0 Å². The van der Waals surface area contributed by atoms with Crippen LogP contribution in [0.3, 0.4) is 0 Å². The van der Waals surface area contributed by atoms with Gasteiger partial charge in [0.15, 0.2) is 5.76 Å². The molecule has 0 saturated heterocycles. The minimum atomic E-state index is -4.47. The Hall–Kier alpha value is -4.92. The molecule has 9 heteroatoms. The molecule has 0 aliphatic heterocycles. The van der Waals surface area contributed by atoms with Gasteiger partial charge in [-0.2, -0.15) is 22.9 Å². The Morgan fingerprint density at radius 2 is 1.70 bits per heavy atom. The smallest absolute Gasteiger partial charge is 0.416 e. The maximum atomic E-state index is 13.4. The van der Waals surface area contributed by atoms with E-state index in [2.05, 4.69) is 10.1 Å². The Morgan fingerprint density at radius 1 is 0.892 bits per heavy atom. The lowest BCUT2D eigenvalue weighted by atomic mass is 10.2. The minimum absolute atomic E-state index is 0.202. The fraction of sp³-hybridized carbons (Fsp3) is 0.0357. The van der Waals surface area contributed by atoms with Crippen molar-refractivity contribution < 1.29 is 17.6 Å². The fourth-order valence-corrected chi connectivity index (χ4v) is 4.17. The number of rotatable bonds is 4. The summed E-state index contributed by atoms with van der Waals surface area (Å²) in [5.41, 5.74) is 0.728. The molecule has 6 aromatic rings. The number of nitrogens with zero attached hydrogens (tertiary/aromatic N) is 4. The van der Waals surface area contributed by atoms with E-state index in [0.717, 1.165) is 22.2 Å². The van der Waals surface area contributed by atoms with Crippen molar-refractivity contribution in [3.05, 3.63) is 119 Å². The predicted molar refractivity (Wildman–Crippen MR) is 135 cm³/mol. The quantitative estimate of drug-likeness (QED) is 0.261. The zero-order valence-electron chi connectivity index (χ0n) is 19.1. The highest BCUT2D eigenvalue weighted by Gasteiger charge is 2.30. The highest BCUT2D eigenvalue weighted by Crippen LogP contribution is 2.31. The SMILES string of the molecule is O=c1c2ccccc2nc(-c2cc3ccccc3o2)n1N=Cc1cccn1-c1cccc(C(F)(F)F)c1. The van der Waals surface area contributed by atoms with Gasteiger partial charge < -0.3 is 8.98 Å². The molecule has 3 heterocycles. The van der Waals surface area contributed by atoms with E-state index in [1.165, 1.54) is 12.3 Å². The van der Waals surface area contributed by atoms with E-state index in [4.69, 9.17) is 4.42 Å². The molecular weight excluding hydrogens is 481 g/mol. The molecule has 6 rings (SSSR count). The highest BCUT2D eigenvalue weighted by atomic mass is 19.4. The molecule has 0 aliphatic carbocycles. The largest absolute Gasteiger partial charge is 0.453 e. The lowest BCUT2D eigenvalue weighted by Crippen LogP contribution is -2.20. The van der Waals surface area contributed by atoms with Gasteiger partial charge in [0, 0.05) is 17.3 Å². The number of halogens is 3. The van der Waals surface area contributed by atoms with Gasteiger partial charge in [0.2, 0.25) is 5.82 Å². The molecule has 0 N–H and O–H groups in total. The van der Waals surface area contributed by atoms with Crippen molar-refractivity contribution in [2.24, 2.45) is 5.10 Å². The van der Waals surface area contributed by atoms with E-state index in [0.29, 0.717) is 33.6 Å². The molecular formula is C28H17F3N4O2. The fourth-order valence-electron chi connectivity index (χ4n) is 4.17. The van der Waals surface area contributed by atoms with E-state index < -0.39 is 17.3 Å². The molecule has 0 radical (unpaired) electrons. The average Bonchev–Trinajstić information content (AvgIpc) is 3.55. The summed E-state index contributed by atoms with van der Waals surface area (Å²) in [6.45, 7) is 0. The second-order valence-corrected chi connectivity index (χ2v) is 8.31. The lowest BCUT2D eigenvalue weighted by molar-refractivity contribution is -0.137. The third-order valence-corrected chi connectivity index (χ3v) is 5.94. The average molecular weight is 498 g/mol. The second-order valence-electron chi connectivity index (χ2n) is 8.31. The van der Waals surface area contributed by atoms with Crippen LogP contribution in [0.2, 0.25) is 0 Å². The molecule has 182 valence electrons. The molecule has 6 nitrogen and oxygen atoms in total. The van der Waals surface area contributed by atoms with Gasteiger partial charge in [-0.05, 0) is 54.6 Å². The van der Waals surface area contributed by atoms with Gasteiger partial charge in [-0.15, -0.1) is 0 Å². The lowest BCUT2D eigenvalue weighted by Gasteiger charge is -2.11. The summed E-state index contributed by atoms with van der Waals surface area (Å²) in [6.07, 6.45) is -1.44. The van der Waals surface area contributed by atoms with Crippen LogP contribution in [0, 0.1) is 0 Å². The van der Waals surface area contributed by atoms with Crippen molar-refractivity contribution in [3.8, 4) is 17.3 Å². The number of benzene rings is 3. The summed E-state index contributed by atoms with van der Waals surface area (Å²) in [7, 11) is 0. The third-order valence-electron chi connectivity index (χ3n) is 5.94. The Bertz CT molecular complexity index is 1830. The van der Waals surface area contributed by atoms with Crippen LogP contribution in [0.15, 0.2) is 112 Å². The summed E-state index contributed by atoms with van der Waals surface area (Å²) in [5.74, 6) is 0.558. The van der Waals surface area contributed by atoms with Crippen LogP contribution in [0.1, 0.15) is 11.3 Å². The topological polar surface area (TPSA) is 65.3 Å². The summed E-state index contributed by atoms with van der Waals surface area (Å²) in [5, 5.41) is 5.63. The van der Waals surface area contributed by atoms with Gasteiger partial charge in [-0.1, -0.05) is 36.4 Å². The molecule has 0 atom stereocenters. The van der Waals surface area contributed by atoms with Crippen LogP contribution in [-0.4, -0.2) is 20.4 Å². The van der Waals surface area contributed by atoms with Crippen LogP contribution < -0.4 is 5.56 Å². The van der Waals surface area contributed by atoms with Crippen LogP contribution in [0.25, 0.3) is 39.1 Å². The van der Waals surface area contributed by atoms with E-state index >= 15 is 0 Å². The van der Waals surface area contributed by atoms with Crippen molar-refractivity contribution in [2.75, 3.05) is 0 Å². The predicted octanol–water partition coefficient (Wildman–Crippen LogP) is 6.50. The standard InChI is InChI=1S/C28H17F3N4O2/c29-28(30,31)19-8-5-9-20(16-19)34-14-6-10-21(34)17-32-35-26(25-15-18-7-1-4-13-24(18)37-25)33-23-12-3-2-11-22(23)27(35)36/h1-17H. The van der Waals surface area contributed by atoms with Gasteiger partial charge in [0.25, 0.3) is 5.56 Å². The van der Waals surface area contributed by atoms with Gasteiger partial charge in [-0.25, -0.2) is 4.98 Å². The van der Waals surface area contributed by atoms with Crippen LogP contribution in [0.4, 0.5) is 13.2 Å². The molecule has 0 saturated carbocycles. The molecule has 0 aliphatic rings. The van der Waals surface area contributed by atoms with E-state index in [1.54, 1.807) is 59.3 Å². The normalized spacial score (nSPS) is 12.2.